The Morgan fingerprint density at radius 1 is 1.38 bits per heavy atom. The highest BCUT2D eigenvalue weighted by atomic mass is 32.1. The Labute approximate surface area is 127 Å². The van der Waals surface area contributed by atoms with Crippen LogP contribution < -0.4 is 5.30 Å². The van der Waals surface area contributed by atoms with Crippen LogP contribution in [0.1, 0.15) is 31.6 Å². The van der Waals surface area contributed by atoms with Crippen LogP contribution in [0.25, 0.3) is 0 Å². The van der Waals surface area contributed by atoms with Crippen LogP contribution in [0.5, 0.6) is 0 Å². The fourth-order valence-electron chi connectivity index (χ4n) is 1.95. The zero-order chi connectivity index (χ0) is 16.0. The molecule has 1 aromatic rings. The number of carboxylic acid groups (broad SMARTS) is 2. The molecule has 0 saturated carbocycles. The van der Waals surface area contributed by atoms with Gasteiger partial charge in [0, 0.05) is 22.0 Å². The van der Waals surface area contributed by atoms with Crippen LogP contribution in [0.4, 0.5) is 0 Å². The molecule has 1 aromatic heterocycles. The highest BCUT2D eigenvalue weighted by Gasteiger charge is 2.41. The van der Waals surface area contributed by atoms with E-state index in [1.165, 1.54) is 11.3 Å². The summed E-state index contributed by atoms with van der Waals surface area (Å²) in [6, 6.07) is 1.69. The zero-order valence-corrected chi connectivity index (χ0v) is 13.7. The summed E-state index contributed by atoms with van der Waals surface area (Å²) in [6.07, 6.45) is 0.168. The Balaban J connectivity index is 3.18. The molecular formula is C13H19O6PS. The number of hydrogen-bond acceptors (Lipinski definition) is 5. The first-order chi connectivity index (χ1) is 9.85. The number of aryl methyl sites for hydroxylation is 1. The van der Waals surface area contributed by atoms with Crippen LogP contribution in [-0.4, -0.2) is 34.4 Å². The van der Waals surface area contributed by atoms with Crippen LogP contribution in [0.15, 0.2) is 11.4 Å². The zero-order valence-electron chi connectivity index (χ0n) is 11.9. The monoisotopic (exact) mass is 334 g/mol. The fraction of sp³-hybridized carbons (Fsp3) is 0.538. The minimum atomic E-state index is -3.64. The molecule has 6 nitrogen and oxygen atoms in total. The highest BCUT2D eigenvalue weighted by Crippen LogP contribution is 2.53. The summed E-state index contributed by atoms with van der Waals surface area (Å²) in [7, 11) is -3.64. The largest absolute Gasteiger partial charge is 0.481 e. The van der Waals surface area contributed by atoms with E-state index in [4.69, 9.17) is 9.63 Å². The summed E-state index contributed by atoms with van der Waals surface area (Å²) in [6.45, 7) is 3.68. The van der Waals surface area contributed by atoms with Crippen molar-refractivity contribution >= 4 is 35.9 Å². The van der Waals surface area contributed by atoms with Gasteiger partial charge in [0.1, 0.15) is 5.66 Å². The van der Waals surface area contributed by atoms with E-state index in [1.54, 1.807) is 18.4 Å². The van der Waals surface area contributed by atoms with E-state index < -0.39 is 25.0 Å². The number of carboxylic acids is 2. The first-order valence-electron chi connectivity index (χ1n) is 6.62. The van der Waals surface area contributed by atoms with E-state index in [2.05, 4.69) is 0 Å². The lowest BCUT2D eigenvalue weighted by Gasteiger charge is -2.23. The summed E-state index contributed by atoms with van der Waals surface area (Å²) in [5, 5.41) is 20.1. The van der Waals surface area contributed by atoms with Crippen molar-refractivity contribution in [1.82, 2.24) is 0 Å². The van der Waals surface area contributed by atoms with Crippen molar-refractivity contribution in [3.05, 3.63) is 16.3 Å². The Bertz CT molecular complexity index is 553. The number of aliphatic carboxylic acids is 2. The van der Waals surface area contributed by atoms with E-state index in [0.29, 0.717) is 5.30 Å². The van der Waals surface area contributed by atoms with Gasteiger partial charge in [0.05, 0.1) is 6.61 Å². The molecule has 1 rings (SSSR count). The molecule has 0 amide bonds. The van der Waals surface area contributed by atoms with Crippen molar-refractivity contribution in [1.29, 1.82) is 0 Å². The maximum absolute atomic E-state index is 13.1. The van der Waals surface area contributed by atoms with Gasteiger partial charge in [-0.3, -0.25) is 14.2 Å². The summed E-state index contributed by atoms with van der Waals surface area (Å²) in [5.41, 5.74) is -1.34. The van der Waals surface area contributed by atoms with E-state index in [0.717, 1.165) is 11.3 Å². The average molecular weight is 334 g/mol. The number of thiophene rings is 1. The van der Waals surface area contributed by atoms with Gasteiger partial charge >= 0.3 is 11.9 Å². The van der Waals surface area contributed by atoms with Crippen molar-refractivity contribution in [3.63, 3.8) is 0 Å². The van der Waals surface area contributed by atoms with Crippen molar-refractivity contribution in [2.75, 3.05) is 6.61 Å². The van der Waals surface area contributed by atoms with Crippen molar-refractivity contribution in [3.8, 4) is 0 Å². The fourth-order valence-corrected chi connectivity index (χ4v) is 5.66. The lowest BCUT2D eigenvalue weighted by molar-refractivity contribution is -0.138. The molecule has 0 radical (unpaired) electrons. The molecular weight excluding hydrogens is 315 g/mol. The maximum Gasteiger partial charge on any atom is 0.316 e. The van der Waals surface area contributed by atoms with E-state index in [1.807, 2.05) is 6.92 Å². The molecule has 8 heteroatoms. The molecule has 0 aromatic carbocycles. The Morgan fingerprint density at radius 3 is 2.48 bits per heavy atom. The van der Waals surface area contributed by atoms with Crippen molar-refractivity contribution in [2.45, 2.75) is 38.8 Å². The third kappa shape index (κ3) is 4.40. The lowest BCUT2D eigenvalue weighted by Crippen LogP contribution is -2.27. The normalized spacial score (nSPS) is 15.3. The van der Waals surface area contributed by atoms with Gasteiger partial charge in [-0.25, -0.2) is 0 Å². The Morgan fingerprint density at radius 2 is 2.05 bits per heavy atom. The standard InChI is InChI=1S/C13H19O6PS/c1-3-10-7-9(8-21-10)20(18,19-4-2)11(13(16)17)5-6-12(14)15/h7-8,11H,3-6H2,1-2H3,(H,14,15)(H,16,17). The molecule has 1 heterocycles. The third-order valence-corrected chi connectivity index (χ3v) is 7.17. The highest BCUT2D eigenvalue weighted by molar-refractivity contribution is 7.69. The summed E-state index contributed by atoms with van der Waals surface area (Å²) < 4.78 is 18.4. The van der Waals surface area contributed by atoms with Gasteiger partial charge in [0.25, 0.3) is 0 Å². The SMILES string of the molecule is CCOP(=O)(c1csc(CC)c1)C(CCC(=O)O)C(=O)O. The number of rotatable bonds is 9. The minimum absolute atomic E-state index is 0.103. The summed E-state index contributed by atoms with van der Waals surface area (Å²) in [5.74, 6) is -2.42. The van der Waals surface area contributed by atoms with Crippen LogP contribution in [0.2, 0.25) is 0 Å². The molecule has 0 fully saturated rings. The second-order valence-corrected chi connectivity index (χ2v) is 8.01. The Kier molecular flexibility index (Phi) is 6.58. The third-order valence-electron chi connectivity index (χ3n) is 3.00. The van der Waals surface area contributed by atoms with Gasteiger partial charge in [0.15, 0.2) is 0 Å². The Hall–Kier alpha value is -1.17. The smallest absolute Gasteiger partial charge is 0.316 e. The molecule has 0 aliphatic rings. The van der Waals surface area contributed by atoms with Gasteiger partial charge in [-0.15, -0.1) is 11.3 Å². The van der Waals surface area contributed by atoms with Crippen molar-refractivity contribution < 1.29 is 28.9 Å². The molecule has 2 N–H and O–H groups in total. The second-order valence-electron chi connectivity index (χ2n) is 4.43. The quantitative estimate of drug-likeness (QED) is 0.673. The maximum atomic E-state index is 13.1. The van der Waals surface area contributed by atoms with Gasteiger partial charge in [-0.2, -0.15) is 0 Å². The molecule has 0 aliphatic heterocycles. The molecule has 2 unspecified atom stereocenters. The molecule has 0 bridgehead atoms. The second kappa shape index (κ2) is 7.73. The van der Waals surface area contributed by atoms with Crippen LogP contribution >= 0.6 is 18.7 Å². The van der Waals surface area contributed by atoms with Gasteiger partial charge in [0.2, 0.25) is 7.37 Å². The predicted molar refractivity (Wildman–Crippen MR) is 80.9 cm³/mol. The first-order valence-corrected chi connectivity index (χ1v) is 9.19. The molecule has 0 aliphatic carbocycles. The van der Waals surface area contributed by atoms with Crippen LogP contribution in [0, 0.1) is 0 Å². The van der Waals surface area contributed by atoms with Gasteiger partial charge in [-0.1, -0.05) is 6.92 Å². The summed E-state index contributed by atoms with van der Waals surface area (Å²) in [4.78, 5) is 23.1. The van der Waals surface area contributed by atoms with Crippen LogP contribution in [0.3, 0.4) is 0 Å². The van der Waals surface area contributed by atoms with Crippen LogP contribution in [-0.2, 0) is 25.1 Å². The lowest BCUT2D eigenvalue weighted by atomic mass is 10.2. The predicted octanol–water partition coefficient (Wildman–Crippen LogP) is 2.57. The first kappa shape index (κ1) is 17.9. The molecule has 118 valence electrons. The van der Waals surface area contributed by atoms with E-state index in [-0.39, 0.29) is 19.4 Å². The average Bonchev–Trinajstić information content (AvgIpc) is 2.87. The van der Waals surface area contributed by atoms with Gasteiger partial charge in [-0.05, 0) is 25.8 Å². The molecule has 21 heavy (non-hydrogen) atoms. The topological polar surface area (TPSA) is 101 Å². The van der Waals surface area contributed by atoms with E-state index in [9.17, 15) is 19.3 Å². The van der Waals surface area contributed by atoms with E-state index >= 15 is 0 Å². The minimum Gasteiger partial charge on any atom is -0.481 e. The van der Waals surface area contributed by atoms with Crippen molar-refractivity contribution in [2.24, 2.45) is 0 Å². The summed E-state index contributed by atoms with van der Waals surface area (Å²) >= 11 is 1.39. The molecule has 2 atom stereocenters. The van der Waals surface area contributed by atoms with Gasteiger partial charge < -0.3 is 14.7 Å². The molecule has 0 spiro atoms. The molecule has 0 saturated heterocycles. The number of hydrogen-bond donors (Lipinski definition) is 2. The number of carbonyl (C=O) groups is 2.